The summed E-state index contributed by atoms with van der Waals surface area (Å²) >= 11 is 0. The highest BCUT2D eigenvalue weighted by Crippen LogP contribution is 2.33. The lowest BCUT2D eigenvalue weighted by atomic mass is 9.91. The molecule has 0 saturated carbocycles. The molecule has 5 amide bonds. The van der Waals surface area contributed by atoms with Crippen LogP contribution in [0, 0.1) is 5.92 Å². The Morgan fingerprint density at radius 3 is 2.05 bits per heavy atom. The Labute approximate surface area is 331 Å². The van der Waals surface area contributed by atoms with Crippen LogP contribution in [0.25, 0.3) is 0 Å². The molecule has 20 heteroatoms. The Morgan fingerprint density at radius 2 is 1.44 bits per heavy atom. The normalized spacial score (nSPS) is 36.7. The Morgan fingerprint density at radius 1 is 0.842 bits per heavy atom. The third-order valence-electron chi connectivity index (χ3n) is 10.7. The molecule has 0 aliphatic carbocycles. The van der Waals surface area contributed by atoms with E-state index in [0.29, 0.717) is 12.3 Å². The SMILES string of the molecule is CC(=O)NC1C(OC2OC(CC(O)C3OC(N4CCC(=O)NC4=O)C(O)C3O)C(O)C(O)C2NC(=O)C=CCCCCCCCCC(C)C)OC(CO)C(O)C1O. The van der Waals surface area contributed by atoms with Crippen LogP contribution in [0.5, 0.6) is 0 Å². The van der Waals surface area contributed by atoms with Crippen LogP contribution < -0.4 is 16.0 Å². The van der Waals surface area contributed by atoms with E-state index >= 15 is 0 Å². The molecule has 0 aromatic carbocycles. The maximum absolute atomic E-state index is 13.1. The van der Waals surface area contributed by atoms with Crippen molar-refractivity contribution >= 4 is 23.8 Å². The second-order valence-corrected chi connectivity index (χ2v) is 15.7. The number of aliphatic hydroxyl groups is 8. The molecule has 0 bridgehead atoms. The molecule has 0 aromatic rings. The van der Waals surface area contributed by atoms with E-state index in [4.69, 9.17) is 18.9 Å². The van der Waals surface area contributed by atoms with Crippen molar-refractivity contribution in [2.45, 2.75) is 177 Å². The molecule has 4 saturated heterocycles. The minimum atomic E-state index is -1.84. The Hall–Kier alpha value is -2.86. The summed E-state index contributed by atoms with van der Waals surface area (Å²) in [6.45, 7) is 4.63. The van der Waals surface area contributed by atoms with Crippen molar-refractivity contribution in [2.75, 3.05) is 13.2 Å². The number of urea groups is 1. The zero-order chi connectivity index (χ0) is 42.0. The number of allylic oxidation sites excluding steroid dienone is 1. The number of hydrogen-bond donors (Lipinski definition) is 11. The van der Waals surface area contributed by atoms with Gasteiger partial charge in [-0.1, -0.05) is 58.4 Å². The van der Waals surface area contributed by atoms with Crippen molar-refractivity contribution in [3.63, 3.8) is 0 Å². The molecule has 11 N–H and O–H groups in total. The predicted molar refractivity (Wildman–Crippen MR) is 196 cm³/mol. The van der Waals surface area contributed by atoms with Gasteiger partial charge in [0, 0.05) is 26.3 Å². The second-order valence-electron chi connectivity index (χ2n) is 15.7. The fourth-order valence-corrected chi connectivity index (χ4v) is 7.49. The molecule has 4 heterocycles. The minimum Gasteiger partial charge on any atom is -0.394 e. The van der Waals surface area contributed by atoms with Gasteiger partial charge in [0.05, 0.1) is 18.8 Å². The molecule has 326 valence electrons. The number of amides is 5. The largest absolute Gasteiger partial charge is 0.394 e. The van der Waals surface area contributed by atoms with E-state index in [2.05, 4.69) is 29.8 Å². The van der Waals surface area contributed by atoms with Crippen LogP contribution in [0.3, 0.4) is 0 Å². The Balaban J connectivity index is 1.46. The summed E-state index contributed by atoms with van der Waals surface area (Å²) in [5.41, 5.74) is 0. The van der Waals surface area contributed by atoms with E-state index in [1.807, 2.05) is 0 Å². The molecule has 4 aliphatic rings. The summed E-state index contributed by atoms with van der Waals surface area (Å²) in [4.78, 5) is 50.2. The third kappa shape index (κ3) is 12.6. The summed E-state index contributed by atoms with van der Waals surface area (Å²) in [5, 5.41) is 93.5. The van der Waals surface area contributed by atoms with Crippen LogP contribution in [0.2, 0.25) is 0 Å². The van der Waals surface area contributed by atoms with E-state index in [0.717, 1.165) is 37.5 Å². The number of aliphatic hydroxyl groups excluding tert-OH is 8. The molecule has 0 spiro atoms. The summed E-state index contributed by atoms with van der Waals surface area (Å²) < 4.78 is 23.3. The van der Waals surface area contributed by atoms with Gasteiger partial charge >= 0.3 is 6.03 Å². The van der Waals surface area contributed by atoms with Gasteiger partial charge in [-0.2, -0.15) is 0 Å². The highest BCUT2D eigenvalue weighted by molar-refractivity contribution is 5.96. The van der Waals surface area contributed by atoms with Crippen LogP contribution in [0.15, 0.2) is 12.2 Å². The van der Waals surface area contributed by atoms with Gasteiger partial charge in [-0.05, 0) is 24.8 Å². The van der Waals surface area contributed by atoms with Crippen molar-refractivity contribution < 1.29 is 79.0 Å². The zero-order valence-electron chi connectivity index (χ0n) is 32.7. The highest BCUT2D eigenvalue weighted by atomic mass is 16.8. The number of nitrogens with one attached hydrogen (secondary N) is 3. The third-order valence-corrected chi connectivity index (χ3v) is 10.7. The first-order chi connectivity index (χ1) is 27.0. The highest BCUT2D eigenvalue weighted by Gasteiger charge is 2.54. The number of carbonyl (C=O) groups is 4. The number of rotatable bonds is 19. The topological polar surface area (TPSA) is 306 Å². The quantitative estimate of drug-likeness (QED) is 0.0469. The van der Waals surface area contributed by atoms with Crippen LogP contribution >= 0.6 is 0 Å². The fourth-order valence-electron chi connectivity index (χ4n) is 7.49. The summed E-state index contributed by atoms with van der Waals surface area (Å²) in [7, 11) is 0. The lowest BCUT2D eigenvalue weighted by molar-refractivity contribution is -0.346. The van der Waals surface area contributed by atoms with Crippen molar-refractivity contribution in [3.8, 4) is 0 Å². The molecule has 15 unspecified atom stereocenters. The maximum atomic E-state index is 13.1. The van der Waals surface area contributed by atoms with Gasteiger partial charge < -0.3 is 70.4 Å². The van der Waals surface area contributed by atoms with Gasteiger partial charge in [0.2, 0.25) is 17.7 Å². The molecule has 15 atom stereocenters. The monoisotopic (exact) mass is 818 g/mol. The smallest absolute Gasteiger partial charge is 0.326 e. The number of hydrogen-bond acceptors (Lipinski definition) is 16. The van der Waals surface area contributed by atoms with Crippen LogP contribution in [-0.2, 0) is 33.3 Å². The van der Waals surface area contributed by atoms with Gasteiger partial charge in [-0.3, -0.25) is 24.6 Å². The van der Waals surface area contributed by atoms with E-state index in [9.17, 15) is 60.0 Å². The average molecular weight is 819 g/mol. The first-order valence-corrected chi connectivity index (χ1v) is 19.9. The van der Waals surface area contributed by atoms with Gasteiger partial charge in [0.1, 0.15) is 60.9 Å². The van der Waals surface area contributed by atoms with Gasteiger partial charge in [0.15, 0.2) is 18.8 Å². The predicted octanol–water partition coefficient (Wildman–Crippen LogP) is -2.65. The maximum Gasteiger partial charge on any atom is 0.326 e. The van der Waals surface area contributed by atoms with E-state index in [-0.39, 0.29) is 13.0 Å². The molecule has 0 radical (unpaired) electrons. The molecule has 57 heavy (non-hydrogen) atoms. The Kier molecular flexibility index (Phi) is 18.0. The van der Waals surface area contributed by atoms with Crippen molar-refractivity contribution in [3.05, 3.63) is 12.2 Å². The molecule has 0 aromatic heterocycles. The number of carbonyl (C=O) groups excluding carboxylic acids is 4. The van der Waals surface area contributed by atoms with E-state index < -0.39 is 129 Å². The molecule has 4 aliphatic heterocycles. The van der Waals surface area contributed by atoms with Gasteiger partial charge in [0.25, 0.3) is 0 Å². The fraction of sp³-hybridized carbons (Fsp3) is 0.838. The number of ether oxygens (including phenoxy) is 4. The van der Waals surface area contributed by atoms with Gasteiger partial charge in [-0.15, -0.1) is 0 Å². The number of imide groups is 1. The minimum absolute atomic E-state index is 0.0994. The van der Waals surface area contributed by atoms with Gasteiger partial charge in [-0.25, -0.2) is 4.79 Å². The lowest BCUT2D eigenvalue weighted by Crippen LogP contribution is -2.68. The summed E-state index contributed by atoms with van der Waals surface area (Å²) in [6, 6.07) is -3.86. The van der Waals surface area contributed by atoms with Crippen molar-refractivity contribution in [1.82, 2.24) is 20.9 Å². The van der Waals surface area contributed by atoms with E-state index in [1.165, 1.54) is 25.3 Å². The van der Waals surface area contributed by atoms with Crippen LogP contribution in [0.1, 0.15) is 85.0 Å². The average Bonchev–Trinajstić information content (AvgIpc) is 3.45. The van der Waals surface area contributed by atoms with Crippen molar-refractivity contribution in [2.24, 2.45) is 5.92 Å². The first-order valence-electron chi connectivity index (χ1n) is 19.9. The second kappa shape index (κ2) is 21.9. The first kappa shape index (κ1) is 46.8. The molecular formula is C37H62N4O16. The molecule has 4 rings (SSSR count). The lowest BCUT2D eigenvalue weighted by Gasteiger charge is -2.47. The molecular weight excluding hydrogens is 756 g/mol. The zero-order valence-corrected chi connectivity index (χ0v) is 32.7. The molecule has 4 fully saturated rings. The van der Waals surface area contributed by atoms with Crippen LogP contribution in [-0.4, -0.2) is 175 Å². The standard InChI is InChI=1S/C37H62N4O16/c1-18(2)12-10-8-6-4-5-7-9-11-13-23(45)39-26-30(50)27(47)21(54-36(26)57-35-25(38-19(3)43)29(49)28(48)22(17-42)55-35)16-20(44)33-31(51)32(52)34(56-33)41-15-14-24(46)40-37(41)53/h11,13,18,20-22,25-36,42,44,47-52H,4-10,12,14-17H2,1-3H3,(H,38,43)(H,39,45)(H,40,46,53). The summed E-state index contributed by atoms with van der Waals surface area (Å²) in [5.74, 6) is -1.20. The van der Waals surface area contributed by atoms with E-state index in [1.54, 1.807) is 6.08 Å². The number of unbranched alkanes of at least 4 members (excludes halogenated alkanes) is 6. The Bertz CT molecular complexity index is 1360. The van der Waals surface area contributed by atoms with Crippen molar-refractivity contribution in [1.29, 1.82) is 0 Å². The summed E-state index contributed by atoms with van der Waals surface area (Å²) in [6.07, 6.45) is -11.1. The molecule has 20 nitrogen and oxygen atoms in total. The van der Waals surface area contributed by atoms with Crippen LogP contribution in [0.4, 0.5) is 4.79 Å². The number of nitrogens with zero attached hydrogens (tertiary/aromatic N) is 1.